The van der Waals surface area contributed by atoms with Crippen molar-refractivity contribution in [3.8, 4) is 0 Å². The summed E-state index contributed by atoms with van der Waals surface area (Å²) in [5.74, 6) is 0. The van der Waals surface area contributed by atoms with Gasteiger partial charge in [-0.2, -0.15) is 0 Å². The highest BCUT2D eigenvalue weighted by molar-refractivity contribution is 7.16. The number of nitrogens with zero attached hydrogens (tertiary/aromatic N) is 2. The first-order valence-electron chi connectivity index (χ1n) is 6.76. The molecule has 0 radical (unpaired) electrons. The summed E-state index contributed by atoms with van der Waals surface area (Å²) in [7, 11) is 0. The van der Waals surface area contributed by atoms with E-state index in [1.807, 2.05) is 18.6 Å². The van der Waals surface area contributed by atoms with E-state index in [2.05, 4.69) is 27.9 Å². The second-order valence-electron chi connectivity index (χ2n) is 5.05. The lowest BCUT2D eigenvalue weighted by Crippen LogP contribution is -2.29. The van der Waals surface area contributed by atoms with Gasteiger partial charge in [-0.15, -0.1) is 11.3 Å². The molecule has 1 saturated heterocycles. The zero-order valence-corrected chi connectivity index (χ0v) is 12.5. The van der Waals surface area contributed by atoms with E-state index in [0.717, 1.165) is 10.9 Å². The molecule has 1 N–H and O–H groups in total. The van der Waals surface area contributed by atoms with Gasteiger partial charge < -0.3 is 9.88 Å². The lowest BCUT2D eigenvalue weighted by Gasteiger charge is -2.26. The van der Waals surface area contributed by atoms with E-state index in [1.54, 1.807) is 11.3 Å². The van der Waals surface area contributed by atoms with Crippen LogP contribution in [0.15, 0.2) is 24.7 Å². The van der Waals surface area contributed by atoms with Crippen LogP contribution in [-0.4, -0.2) is 16.1 Å². The van der Waals surface area contributed by atoms with Crippen molar-refractivity contribution in [3.05, 3.63) is 39.6 Å². The first-order valence-corrected chi connectivity index (χ1v) is 7.95. The molecule has 0 saturated carbocycles. The van der Waals surface area contributed by atoms with E-state index >= 15 is 0 Å². The lowest BCUT2D eigenvalue weighted by atomic mass is 10.0. The molecule has 1 fully saturated rings. The average molecular weight is 296 g/mol. The normalized spacial score (nSPS) is 21.5. The molecule has 102 valence electrons. The second-order valence-corrected chi connectivity index (χ2v) is 6.79. The molecule has 19 heavy (non-hydrogen) atoms. The van der Waals surface area contributed by atoms with Crippen LogP contribution in [0, 0.1) is 0 Å². The molecule has 0 aromatic carbocycles. The van der Waals surface area contributed by atoms with Crippen LogP contribution in [0.1, 0.15) is 48.8 Å². The minimum Gasteiger partial charge on any atom is -0.325 e. The van der Waals surface area contributed by atoms with E-state index in [-0.39, 0.29) is 0 Å². The van der Waals surface area contributed by atoms with E-state index in [0.29, 0.717) is 12.1 Å². The third-order valence-corrected chi connectivity index (χ3v) is 5.19. The first kappa shape index (κ1) is 13.2. The lowest BCUT2D eigenvalue weighted by molar-refractivity contribution is 0.390. The Morgan fingerprint density at radius 3 is 3.05 bits per heavy atom. The third-order valence-electron chi connectivity index (χ3n) is 3.79. The van der Waals surface area contributed by atoms with Crippen molar-refractivity contribution in [3.63, 3.8) is 0 Å². The Morgan fingerprint density at radius 1 is 1.47 bits per heavy atom. The zero-order valence-electron chi connectivity index (χ0n) is 11.0. The molecule has 2 aromatic heterocycles. The van der Waals surface area contributed by atoms with Crippen molar-refractivity contribution >= 4 is 22.9 Å². The van der Waals surface area contributed by atoms with Gasteiger partial charge in [0.1, 0.15) is 0 Å². The molecule has 0 bridgehead atoms. The summed E-state index contributed by atoms with van der Waals surface area (Å²) < 4.78 is 3.12. The van der Waals surface area contributed by atoms with Gasteiger partial charge >= 0.3 is 0 Å². The Bertz CT molecular complexity index is 542. The maximum absolute atomic E-state index is 6.04. The number of piperidine rings is 1. The monoisotopic (exact) mass is 295 g/mol. The fourth-order valence-electron chi connectivity index (χ4n) is 2.70. The highest BCUT2D eigenvalue weighted by Gasteiger charge is 2.21. The largest absolute Gasteiger partial charge is 0.325 e. The highest BCUT2D eigenvalue weighted by Crippen LogP contribution is 2.32. The molecular formula is C14H18ClN3S. The molecule has 3 heterocycles. The Hall–Kier alpha value is -0.840. The SMILES string of the molecule is CC(c1ccc(Cl)s1)n1cncc1C1CCCCN1. The average Bonchev–Trinajstić information content (AvgIpc) is 3.07. The second kappa shape index (κ2) is 5.65. The van der Waals surface area contributed by atoms with Crippen molar-refractivity contribution in [1.82, 2.24) is 14.9 Å². The minimum atomic E-state index is 0.290. The van der Waals surface area contributed by atoms with E-state index < -0.39 is 0 Å². The maximum atomic E-state index is 6.04. The van der Waals surface area contributed by atoms with Crippen LogP contribution in [-0.2, 0) is 0 Å². The van der Waals surface area contributed by atoms with Crippen molar-refractivity contribution in [2.24, 2.45) is 0 Å². The quantitative estimate of drug-likeness (QED) is 0.927. The molecule has 1 aliphatic heterocycles. The van der Waals surface area contributed by atoms with Gasteiger partial charge in [0, 0.05) is 17.1 Å². The fraction of sp³-hybridized carbons (Fsp3) is 0.500. The number of aromatic nitrogens is 2. The Morgan fingerprint density at radius 2 is 2.37 bits per heavy atom. The number of thiophene rings is 1. The van der Waals surface area contributed by atoms with Crippen LogP contribution >= 0.6 is 22.9 Å². The fourth-order valence-corrected chi connectivity index (χ4v) is 3.81. The van der Waals surface area contributed by atoms with Crippen LogP contribution < -0.4 is 5.32 Å². The van der Waals surface area contributed by atoms with Crippen LogP contribution in [0.4, 0.5) is 0 Å². The van der Waals surface area contributed by atoms with Gasteiger partial charge in [0.15, 0.2) is 0 Å². The van der Waals surface area contributed by atoms with Gasteiger partial charge in [-0.1, -0.05) is 18.0 Å². The predicted molar refractivity (Wildman–Crippen MR) is 80.0 cm³/mol. The third kappa shape index (κ3) is 2.71. The molecule has 3 rings (SSSR count). The molecule has 2 aromatic rings. The van der Waals surface area contributed by atoms with E-state index in [1.165, 1.54) is 29.8 Å². The number of halogens is 1. The summed E-state index contributed by atoms with van der Waals surface area (Å²) in [6, 6.07) is 4.80. The smallest absolute Gasteiger partial charge is 0.0954 e. The maximum Gasteiger partial charge on any atom is 0.0954 e. The van der Waals surface area contributed by atoms with Gasteiger partial charge in [-0.05, 0) is 38.4 Å². The van der Waals surface area contributed by atoms with Gasteiger partial charge in [-0.25, -0.2) is 4.98 Å². The number of imidazole rings is 1. The first-order chi connectivity index (χ1) is 9.25. The molecule has 2 unspecified atom stereocenters. The van der Waals surface area contributed by atoms with Crippen LogP contribution in [0.5, 0.6) is 0 Å². The van der Waals surface area contributed by atoms with Gasteiger partial charge in [0.2, 0.25) is 0 Å². The van der Waals surface area contributed by atoms with Gasteiger partial charge in [0.25, 0.3) is 0 Å². The Balaban J connectivity index is 1.86. The Labute approximate surface area is 122 Å². The summed E-state index contributed by atoms with van der Waals surface area (Å²) in [5.41, 5.74) is 1.29. The van der Waals surface area contributed by atoms with Crippen molar-refractivity contribution in [2.45, 2.75) is 38.3 Å². The summed E-state index contributed by atoms with van der Waals surface area (Å²) in [5, 5.41) is 3.59. The molecule has 0 spiro atoms. The topological polar surface area (TPSA) is 29.9 Å². The van der Waals surface area contributed by atoms with Crippen molar-refractivity contribution in [1.29, 1.82) is 0 Å². The predicted octanol–water partition coefficient (Wildman–Crippen LogP) is 4.02. The molecule has 2 atom stereocenters. The van der Waals surface area contributed by atoms with Crippen LogP contribution in [0.3, 0.4) is 0 Å². The highest BCUT2D eigenvalue weighted by atomic mass is 35.5. The molecular weight excluding hydrogens is 278 g/mol. The van der Waals surface area contributed by atoms with E-state index in [9.17, 15) is 0 Å². The number of hydrogen-bond donors (Lipinski definition) is 1. The minimum absolute atomic E-state index is 0.290. The van der Waals surface area contributed by atoms with Gasteiger partial charge in [-0.3, -0.25) is 0 Å². The van der Waals surface area contributed by atoms with Crippen LogP contribution in [0.2, 0.25) is 4.34 Å². The summed E-state index contributed by atoms with van der Waals surface area (Å²) in [6.45, 7) is 3.31. The molecule has 0 amide bonds. The molecule has 0 aliphatic carbocycles. The molecule has 1 aliphatic rings. The number of nitrogens with one attached hydrogen (secondary N) is 1. The Kier molecular flexibility index (Phi) is 3.91. The van der Waals surface area contributed by atoms with Crippen LogP contribution in [0.25, 0.3) is 0 Å². The van der Waals surface area contributed by atoms with Crippen molar-refractivity contribution in [2.75, 3.05) is 6.54 Å². The molecule has 5 heteroatoms. The number of hydrogen-bond acceptors (Lipinski definition) is 3. The summed E-state index contributed by atoms with van der Waals surface area (Å²) in [4.78, 5) is 5.62. The molecule has 3 nitrogen and oxygen atoms in total. The van der Waals surface area contributed by atoms with Crippen molar-refractivity contribution < 1.29 is 0 Å². The standard InChI is InChI=1S/C14H18ClN3S/c1-10(13-5-6-14(15)19-13)18-9-16-8-12(18)11-4-2-3-7-17-11/h5-6,8-11,17H,2-4,7H2,1H3. The summed E-state index contributed by atoms with van der Waals surface area (Å²) >= 11 is 7.68. The zero-order chi connectivity index (χ0) is 13.2. The van der Waals surface area contributed by atoms with Gasteiger partial charge in [0.05, 0.1) is 22.4 Å². The number of rotatable bonds is 3. The van der Waals surface area contributed by atoms with E-state index in [4.69, 9.17) is 11.6 Å². The summed E-state index contributed by atoms with van der Waals surface area (Å²) in [6.07, 6.45) is 7.70.